The van der Waals surface area contributed by atoms with Crippen LogP contribution in [0.5, 0.6) is 0 Å². The number of quaternary nitrogens is 1. The SMILES string of the molecule is Cc1ccc(NC(=O)[C@@H](C)[NH2+][C@H](C)C23CC4CC(CC(C4)C2)C3)cc1. The number of nitrogens with two attached hydrogens (primary N) is 1. The van der Waals surface area contributed by atoms with Gasteiger partial charge in [0.1, 0.15) is 0 Å². The second kappa shape index (κ2) is 6.42. The van der Waals surface area contributed by atoms with Crippen molar-refractivity contribution in [2.24, 2.45) is 23.2 Å². The number of benzene rings is 1. The molecule has 0 saturated heterocycles. The Kier molecular flexibility index (Phi) is 4.39. The Morgan fingerprint density at radius 1 is 1.04 bits per heavy atom. The van der Waals surface area contributed by atoms with E-state index < -0.39 is 0 Å². The van der Waals surface area contributed by atoms with E-state index in [-0.39, 0.29) is 11.9 Å². The van der Waals surface area contributed by atoms with E-state index in [1.165, 1.54) is 44.1 Å². The number of rotatable bonds is 5. The number of amides is 1. The maximum Gasteiger partial charge on any atom is 0.282 e. The maximum atomic E-state index is 12.6. The summed E-state index contributed by atoms with van der Waals surface area (Å²) in [5.41, 5.74) is 2.61. The van der Waals surface area contributed by atoms with Gasteiger partial charge in [0, 0.05) is 11.1 Å². The van der Waals surface area contributed by atoms with E-state index in [2.05, 4.69) is 31.4 Å². The molecule has 0 unspecified atom stereocenters. The van der Waals surface area contributed by atoms with E-state index in [1.807, 2.05) is 24.3 Å². The number of nitrogens with one attached hydrogen (secondary N) is 1. The first kappa shape index (κ1) is 17.1. The van der Waals surface area contributed by atoms with Gasteiger partial charge in [-0.05, 0) is 89.2 Å². The molecule has 136 valence electrons. The average Bonchev–Trinajstić information content (AvgIpc) is 2.55. The third kappa shape index (κ3) is 3.36. The van der Waals surface area contributed by atoms with Crippen LogP contribution in [0.2, 0.25) is 0 Å². The van der Waals surface area contributed by atoms with Gasteiger partial charge in [-0.15, -0.1) is 0 Å². The highest BCUT2D eigenvalue weighted by Gasteiger charge is 2.54. The molecule has 2 atom stereocenters. The molecule has 3 nitrogen and oxygen atoms in total. The lowest BCUT2D eigenvalue weighted by molar-refractivity contribution is -0.718. The number of carbonyl (C=O) groups is 1. The van der Waals surface area contributed by atoms with Crippen LogP contribution in [0.3, 0.4) is 0 Å². The molecule has 0 aliphatic heterocycles. The Morgan fingerprint density at radius 2 is 1.56 bits per heavy atom. The van der Waals surface area contributed by atoms with Gasteiger partial charge in [0.15, 0.2) is 6.04 Å². The largest absolute Gasteiger partial charge is 0.334 e. The van der Waals surface area contributed by atoms with Crippen molar-refractivity contribution in [1.29, 1.82) is 0 Å². The zero-order valence-corrected chi connectivity index (χ0v) is 15.9. The van der Waals surface area contributed by atoms with Gasteiger partial charge in [-0.1, -0.05) is 17.7 Å². The summed E-state index contributed by atoms with van der Waals surface area (Å²) in [7, 11) is 0. The van der Waals surface area contributed by atoms with Crippen LogP contribution in [-0.2, 0) is 4.79 Å². The minimum absolute atomic E-state index is 0.0377. The van der Waals surface area contributed by atoms with Crippen molar-refractivity contribution in [2.45, 2.75) is 71.4 Å². The Balaban J connectivity index is 1.37. The molecular weight excluding hydrogens is 308 g/mol. The summed E-state index contributed by atoms with van der Waals surface area (Å²) >= 11 is 0. The normalized spacial score (nSPS) is 35.4. The summed E-state index contributed by atoms with van der Waals surface area (Å²) in [4.78, 5) is 12.6. The van der Waals surface area contributed by atoms with Crippen LogP contribution in [0.25, 0.3) is 0 Å². The average molecular weight is 342 g/mol. The van der Waals surface area contributed by atoms with Gasteiger partial charge in [-0.2, -0.15) is 0 Å². The summed E-state index contributed by atoms with van der Waals surface area (Å²) in [6.45, 7) is 6.50. The number of carbonyl (C=O) groups excluding carboxylic acids is 1. The van der Waals surface area contributed by atoms with Gasteiger partial charge < -0.3 is 10.6 Å². The Hall–Kier alpha value is -1.35. The van der Waals surface area contributed by atoms with Crippen molar-refractivity contribution in [3.05, 3.63) is 29.8 Å². The second-order valence-electron chi connectivity index (χ2n) is 9.41. The lowest BCUT2D eigenvalue weighted by Gasteiger charge is -2.58. The molecular formula is C22H33N2O+. The van der Waals surface area contributed by atoms with Crippen LogP contribution < -0.4 is 10.6 Å². The molecule has 1 aromatic carbocycles. The zero-order chi connectivity index (χ0) is 17.6. The molecule has 4 aliphatic carbocycles. The third-order valence-corrected chi connectivity index (χ3v) is 7.36. The van der Waals surface area contributed by atoms with Gasteiger partial charge in [-0.25, -0.2) is 0 Å². The minimum atomic E-state index is -0.0377. The molecule has 25 heavy (non-hydrogen) atoms. The fourth-order valence-electron chi connectivity index (χ4n) is 6.35. The van der Waals surface area contributed by atoms with Crippen LogP contribution >= 0.6 is 0 Å². The molecule has 4 saturated carbocycles. The highest BCUT2D eigenvalue weighted by molar-refractivity contribution is 5.93. The molecule has 3 N–H and O–H groups in total. The van der Waals surface area contributed by atoms with Crippen LogP contribution in [0.4, 0.5) is 5.69 Å². The smallest absolute Gasteiger partial charge is 0.282 e. The van der Waals surface area contributed by atoms with E-state index in [9.17, 15) is 4.79 Å². The van der Waals surface area contributed by atoms with E-state index in [0.717, 1.165) is 23.4 Å². The minimum Gasteiger partial charge on any atom is -0.334 e. The van der Waals surface area contributed by atoms with Crippen molar-refractivity contribution < 1.29 is 10.1 Å². The molecule has 4 bridgehead atoms. The third-order valence-electron chi connectivity index (χ3n) is 7.36. The number of anilines is 1. The van der Waals surface area contributed by atoms with Gasteiger partial charge in [-0.3, -0.25) is 4.79 Å². The first-order chi connectivity index (χ1) is 11.9. The highest BCUT2D eigenvalue weighted by Crippen LogP contribution is 2.60. The van der Waals surface area contributed by atoms with Crippen LogP contribution in [0.1, 0.15) is 57.9 Å². The van der Waals surface area contributed by atoms with Crippen LogP contribution in [0.15, 0.2) is 24.3 Å². The van der Waals surface area contributed by atoms with E-state index >= 15 is 0 Å². The molecule has 5 rings (SSSR count). The number of hydrogen-bond acceptors (Lipinski definition) is 1. The van der Waals surface area contributed by atoms with Crippen molar-refractivity contribution in [2.75, 3.05) is 5.32 Å². The molecule has 0 radical (unpaired) electrons. The standard InChI is InChI=1S/C22H32N2O/c1-14-4-6-20(7-5-14)24-21(25)15(2)23-16(3)22-11-17-8-18(12-22)10-19(9-17)13-22/h4-7,15-19,23H,8-13H2,1-3H3,(H,24,25)/p+1/t15-,16-,17?,18?,19?,22?/m1/s1. The quantitative estimate of drug-likeness (QED) is 0.846. The summed E-state index contributed by atoms with van der Waals surface area (Å²) in [6.07, 6.45) is 8.66. The van der Waals surface area contributed by atoms with Crippen molar-refractivity contribution in [3.63, 3.8) is 0 Å². The molecule has 1 amide bonds. The first-order valence-corrected chi connectivity index (χ1v) is 10.2. The molecule has 0 spiro atoms. The van der Waals surface area contributed by atoms with Crippen LogP contribution in [-0.4, -0.2) is 18.0 Å². The van der Waals surface area contributed by atoms with E-state index in [0.29, 0.717) is 11.5 Å². The molecule has 4 aliphatic rings. The monoisotopic (exact) mass is 341 g/mol. The van der Waals surface area contributed by atoms with Crippen molar-refractivity contribution in [1.82, 2.24) is 0 Å². The summed E-state index contributed by atoms with van der Waals surface area (Å²) in [5.74, 6) is 3.04. The fraction of sp³-hybridized carbons (Fsp3) is 0.682. The molecule has 0 aromatic heterocycles. The van der Waals surface area contributed by atoms with Crippen molar-refractivity contribution in [3.8, 4) is 0 Å². The molecule has 4 fully saturated rings. The summed E-state index contributed by atoms with van der Waals surface area (Å²) in [5, 5.41) is 5.42. The predicted octanol–water partition coefficient (Wildman–Crippen LogP) is 3.49. The lowest BCUT2D eigenvalue weighted by Crippen LogP contribution is -2.98. The Morgan fingerprint density at radius 3 is 2.08 bits per heavy atom. The van der Waals surface area contributed by atoms with Gasteiger partial charge >= 0.3 is 0 Å². The number of aryl methyl sites for hydroxylation is 1. The molecule has 3 heteroatoms. The van der Waals surface area contributed by atoms with Gasteiger partial charge in [0.25, 0.3) is 5.91 Å². The van der Waals surface area contributed by atoms with Gasteiger partial charge in [0.05, 0.1) is 6.04 Å². The summed E-state index contributed by atoms with van der Waals surface area (Å²) < 4.78 is 0. The molecule has 1 aromatic rings. The maximum absolute atomic E-state index is 12.6. The van der Waals surface area contributed by atoms with E-state index in [1.54, 1.807) is 0 Å². The zero-order valence-electron chi connectivity index (χ0n) is 15.9. The first-order valence-electron chi connectivity index (χ1n) is 10.2. The Bertz CT molecular complexity index is 601. The summed E-state index contributed by atoms with van der Waals surface area (Å²) in [6, 6.07) is 8.57. The molecule has 0 heterocycles. The van der Waals surface area contributed by atoms with Gasteiger partial charge in [0.2, 0.25) is 0 Å². The topological polar surface area (TPSA) is 45.7 Å². The van der Waals surface area contributed by atoms with E-state index in [4.69, 9.17) is 0 Å². The van der Waals surface area contributed by atoms with Crippen molar-refractivity contribution >= 4 is 11.6 Å². The lowest BCUT2D eigenvalue weighted by atomic mass is 9.48. The predicted molar refractivity (Wildman–Crippen MR) is 101 cm³/mol. The fourth-order valence-corrected chi connectivity index (χ4v) is 6.35. The number of hydrogen-bond donors (Lipinski definition) is 2. The highest BCUT2D eigenvalue weighted by atomic mass is 16.2. The Labute approximate surface area is 152 Å². The second-order valence-corrected chi connectivity index (χ2v) is 9.41. The van der Waals surface area contributed by atoms with Crippen LogP contribution in [0, 0.1) is 30.1 Å².